The number of fused-ring (bicyclic) bond motifs is 1. The highest BCUT2D eigenvalue weighted by Crippen LogP contribution is 2.21. The number of rotatable bonds is 11. The summed E-state index contributed by atoms with van der Waals surface area (Å²) in [5, 5.41) is 34.9. The number of aliphatic hydroxyl groups is 1. The number of hydrogen-bond acceptors (Lipinski definition) is 7. The van der Waals surface area contributed by atoms with Crippen LogP contribution in [0.5, 0.6) is 5.75 Å². The molecule has 4 rings (SSSR count). The van der Waals surface area contributed by atoms with Crippen LogP contribution in [0.2, 0.25) is 0 Å². The van der Waals surface area contributed by atoms with Crippen molar-refractivity contribution >= 4 is 34.6 Å². The van der Waals surface area contributed by atoms with Gasteiger partial charge in [-0.25, -0.2) is 4.79 Å². The Bertz CT molecular complexity index is 1370. The summed E-state index contributed by atoms with van der Waals surface area (Å²) in [6, 6.07) is 9.07. The number of aromatic nitrogens is 1. The van der Waals surface area contributed by atoms with Crippen molar-refractivity contribution < 1.29 is 34.5 Å². The number of nitrogens with zero attached hydrogens (tertiary/aromatic N) is 1. The Labute approximate surface area is 230 Å². The summed E-state index contributed by atoms with van der Waals surface area (Å²) in [4.78, 5) is 55.4. The van der Waals surface area contributed by atoms with Gasteiger partial charge in [0.15, 0.2) is 0 Å². The molecule has 0 saturated carbocycles. The number of phenols is 1. The van der Waals surface area contributed by atoms with Gasteiger partial charge in [-0.3, -0.25) is 14.4 Å². The third-order valence-corrected chi connectivity index (χ3v) is 7.08. The lowest BCUT2D eigenvalue weighted by molar-refractivity contribution is -0.145. The van der Waals surface area contributed by atoms with Crippen LogP contribution in [0.3, 0.4) is 0 Å². The number of carbonyl (C=O) groups is 4. The first-order chi connectivity index (χ1) is 19.2. The molecule has 12 heteroatoms. The van der Waals surface area contributed by atoms with Crippen molar-refractivity contribution in [2.45, 2.75) is 49.9 Å². The number of aromatic hydroxyl groups is 1. The molecule has 212 valence electrons. The molecule has 4 atom stereocenters. The molecule has 12 nitrogen and oxygen atoms in total. The minimum Gasteiger partial charge on any atom is -0.508 e. The third kappa shape index (κ3) is 6.58. The van der Waals surface area contributed by atoms with Crippen molar-refractivity contribution in [1.29, 1.82) is 0 Å². The van der Waals surface area contributed by atoms with Gasteiger partial charge >= 0.3 is 5.97 Å². The molecule has 1 aliphatic heterocycles. The predicted octanol–water partition coefficient (Wildman–Crippen LogP) is 0.0235. The molecule has 0 spiro atoms. The molecule has 1 fully saturated rings. The smallest absolute Gasteiger partial charge is 0.326 e. The molecule has 2 heterocycles. The Balaban J connectivity index is 1.38. The van der Waals surface area contributed by atoms with Crippen LogP contribution in [0.15, 0.2) is 54.7 Å². The van der Waals surface area contributed by atoms with Crippen LogP contribution in [0.4, 0.5) is 0 Å². The van der Waals surface area contributed by atoms with Gasteiger partial charge in [-0.2, -0.15) is 0 Å². The number of aliphatic hydroxyl groups excluding tert-OH is 1. The monoisotopic (exact) mass is 551 g/mol. The maximum absolute atomic E-state index is 13.2. The van der Waals surface area contributed by atoms with E-state index >= 15 is 0 Å². The SMILES string of the molecule is NC(Cc1ccc(O)cc1)C(=O)NC(CO)C(=O)N1CCCC1C(=O)NC(Cc1c[nH]c2ccccc12)C(=O)O. The summed E-state index contributed by atoms with van der Waals surface area (Å²) in [6.45, 7) is -0.497. The third-order valence-electron chi connectivity index (χ3n) is 7.08. The zero-order chi connectivity index (χ0) is 28.8. The number of carboxylic acids is 1. The number of nitrogens with two attached hydrogens (primary N) is 1. The number of aromatic amines is 1. The predicted molar refractivity (Wildman–Crippen MR) is 145 cm³/mol. The second-order valence-electron chi connectivity index (χ2n) is 9.87. The summed E-state index contributed by atoms with van der Waals surface area (Å²) in [7, 11) is 0. The fourth-order valence-electron chi connectivity index (χ4n) is 4.93. The number of nitrogens with one attached hydrogen (secondary N) is 3. The zero-order valence-electron chi connectivity index (χ0n) is 21.7. The first-order valence-corrected chi connectivity index (χ1v) is 13.0. The van der Waals surface area contributed by atoms with Crippen LogP contribution in [-0.2, 0) is 32.0 Å². The summed E-state index contributed by atoms with van der Waals surface area (Å²) in [6.07, 6.45) is 2.69. The van der Waals surface area contributed by atoms with Gasteiger partial charge in [0.2, 0.25) is 17.7 Å². The van der Waals surface area contributed by atoms with E-state index in [1.165, 1.54) is 17.0 Å². The molecule has 1 aliphatic rings. The van der Waals surface area contributed by atoms with E-state index in [-0.39, 0.29) is 25.1 Å². The quantitative estimate of drug-likeness (QED) is 0.173. The van der Waals surface area contributed by atoms with E-state index in [0.717, 1.165) is 16.5 Å². The van der Waals surface area contributed by atoms with Gasteiger partial charge in [-0.1, -0.05) is 30.3 Å². The zero-order valence-corrected chi connectivity index (χ0v) is 21.7. The number of carboxylic acid groups (broad SMARTS) is 1. The maximum Gasteiger partial charge on any atom is 0.326 e. The second kappa shape index (κ2) is 12.6. The van der Waals surface area contributed by atoms with Gasteiger partial charge in [0, 0.05) is 30.1 Å². The molecular weight excluding hydrogens is 518 g/mol. The fourth-order valence-corrected chi connectivity index (χ4v) is 4.93. The molecule has 0 radical (unpaired) electrons. The molecular formula is C28H33N5O7. The molecule has 8 N–H and O–H groups in total. The molecule has 0 aliphatic carbocycles. The van der Waals surface area contributed by atoms with Crippen LogP contribution in [0.1, 0.15) is 24.0 Å². The maximum atomic E-state index is 13.2. The van der Waals surface area contributed by atoms with Crippen LogP contribution < -0.4 is 16.4 Å². The number of hydrogen-bond donors (Lipinski definition) is 7. The summed E-state index contributed by atoms with van der Waals surface area (Å²) in [5.41, 5.74) is 8.27. The molecule has 3 aromatic rings. The molecule has 2 aromatic carbocycles. The summed E-state index contributed by atoms with van der Waals surface area (Å²) in [5.74, 6) is -3.08. The number of H-pyrrole nitrogens is 1. The van der Waals surface area contributed by atoms with Crippen molar-refractivity contribution in [3.63, 3.8) is 0 Å². The molecule has 1 saturated heterocycles. The summed E-state index contributed by atoms with van der Waals surface area (Å²) >= 11 is 0. The van der Waals surface area contributed by atoms with Gasteiger partial charge in [0.25, 0.3) is 0 Å². The van der Waals surface area contributed by atoms with E-state index < -0.39 is 54.5 Å². The van der Waals surface area contributed by atoms with Crippen LogP contribution >= 0.6 is 0 Å². The number of para-hydroxylation sites is 1. The largest absolute Gasteiger partial charge is 0.508 e. The lowest BCUT2D eigenvalue weighted by Crippen LogP contribution is -2.58. The van der Waals surface area contributed by atoms with E-state index in [9.17, 15) is 34.5 Å². The Morgan fingerprint density at radius 1 is 1.02 bits per heavy atom. The van der Waals surface area contributed by atoms with Crippen LogP contribution in [0.25, 0.3) is 10.9 Å². The Hall–Kier alpha value is -4.42. The fraction of sp³-hybridized carbons (Fsp3) is 0.357. The molecule has 4 unspecified atom stereocenters. The lowest BCUT2D eigenvalue weighted by Gasteiger charge is -2.29. The van der Waals surface area contributed by atoms with Crippen LogP contribution in [0, 0.1) is 0 Å². The van der Waals surface area contributed by atoms with Crippen molar-refractivity contribution in [2.75, 3.05) is 13.2 Å². The van der Waals surface area contributed by atoms with E-state index in [1.54, 1.807) is 18.3 Å². The number of likely N-dealkylation sites (tertiary alicyclic amines) is 1. The van der Waals surface area contributed by atoms with Crippen molar-refractivity contribution in [1.82, 2.24) is 20.5 Å². The van der Waals surface area contributed by atoms with E-state index in [0.29, 0.717) is 18.4 Å². The lowest BCUT2D eigenvalue weighted by atomic mass is 10.0. The normalized spacial score (nSPS) is 17.2. The average molecular weight is 552 g/mol. The molecule has 3 amide bonds. The number of aliphatic carboxylic acids is 1. The van der Waals surface area contributed by atoms with Gasteiger partial charge in [0.1, 0.15) is 23.9 Å². The van der Waals surface area contributed by atoms with Crippen molar-refractivity contribution in [3.05, 3.63) is 65.9 Å². The standard InChI is InChI=1S/C28H33N5O7/c29-20(12-16-7-9-18(35)10-8-16)25(36)32-23(15-34)27(38)33-11-3-6-24(33)26(37)31-22(28(39)40)13-17-14-30-21-5-2-1-4-19(17)21/h1-2,4-5,7-10,14,20,22-24,30,34-35H,3,6,11-13,15,29H2,(H,31,37)(H,32,36)(H,39,40). The first kappa shape index (κ1) is 28.6. The highest BCUT2D eigenvalue weighted by atomic mass is 16.4. The van der Waals surface area contributed by atoms with Crippen molar-refractivity contribution in [3.8, 4) is 5.75 Å². The van der Waals surface area contributed by atoms with E-state index in [1.807, 2.05) is 24.3 Å². The first-order valence-electron chi connectivity index (χ1n) is 13.0. The van der Waals surface area contributed by atoms with Gasteiger partial charge < -0.3 is 41.6 Å². The number of carbonyl (C=O) groups excluding carboxylic acids is 3. The number of benzene rings is 2. The topological polar surface area (TPSA) is 198 Å². The molecule has 40 heavy (non-hydrogen) atoms. The average Bonchev–Trinajstić information content (AvgIpc) is 3.60. The number of phenolic OH excluding ortho intramolecular Hbond substituents is 1. The Morgan fingerprint density at radius 3 is 2.45 bits per heavy atom. The summed E-state index contributed by atoms with van der Waals surface area (Å²) < 4.78 is 0. The van der Waals surface area contributed by atoms with Gasteiger partial charge in [-0.15, -0.1) is 0 Å². The van der Waals surface area contributed by atoms with Gasteiger partial charge in [-0.05, 0) is 48.6 Å². The van der Waals surface area contributed by atoms with E-state index in [2.05, 4.69) is 15.6 Å². The Kier molecular flexibility index (Phi) is 9.02. The highest BCUT2D eigenvalue weighted by Gasteiger charge is 2.39. The Morgan fingerprint density at radius 2 is 1.75 bits per heavy atom. The number of amides is 3. The van der Waals surface area contributed by atoms with Crippen molar-refractivity contribution in [2.24, 2.45) is 5.73 Å². The van der Waals surface area contributed by atoms with Gasteiger partial charge in [0.05, 0.1) is 12.6 Å². The minimum atomic E-state index is -1.33. The highest BCUT2D eigenvalue weighted by molar-refractivity contribution is 5.95. The second-order valence-corrected chi connectivity index (χ2v) is 9.87. The van der Waals surface area contributed by atoms with Crippen LogP contribution in [-0.4, -0.2) is 86.2 Å². The molecule has 0 bridgehead atoms. The molecule has 1 aromatic heterocycles. The minimum absolute atomic E-state index is 0.0417. The van der Waals surface area contributed by atoms with E-state index in [4.69, 9.17) is 5.73 Å².